The number of aromatic nitrogens is 5. The molecule has 0 saturated carbocycles. The van der Waals surface area contributed by atoms with Crippen LogP contribution in [0.25, 0.3) is 11.3 Å². The molecule has 8 heteroatoms. The SMILES string of the molecule is Cc1cc(NC(=O)c2cnn3cccnc23)n(-c2ccc(F)cc2)n1. The fourth-order valence-electron chi connectivity index (χ4n) is 2.54. The summed E-state index contributed by atoms with van der Waals surface area (Å²) < 4.78 is 16.2. The Morgan fingerprint density at radius 3 is 2.84 bits per heavy atom. The molecule has 0 aliphatic carbocycles. The number of fused-ring (bicyclic) bond motifs is 1. The van der Waals surface area contributed by atoms with E-state index in [9.17, 15) is 9.18 Å². The molecular weight excluding hydrogens is 323 g/mol. The quantitative estimate of drug-likeness (QED) is 0.624. The number of hydrogen-bond acceptors (Lipinski definition) is 4. The Balaban J connectivity index is 1.69. The largest absolute Gasteiger partial charge is 0.306 e. The fraction of sp³-hybridized carbons (Fsp3) is 0.0588. The Kier molecular flexibility index (Phi) is 3.50. The highest BCUT2D eigenvalue weighted by molar-refractivity contribution is 6.07. The molecular formula is C17H13FN6O. The number of rotatable bonds is 3. The Bertz CT molecular complexity index is 1070. The molecule has 4 aromatic rings. The number of amides is 1. The summed E-state index contributed by atoms with van der Waals surface area (Å²) in [5.74, 6) is -0.211. The number of carbonyl (C=O) groups is 1. The lowest BCUT2D eigenvalue weighted by Gasteiger charge is -2.08. The van der Waals surface area contributed by atoms with Crippen LogP contribution in [0.1, 0.15) is 16.1 Å². The Morgan fingerprint density at radius 1 is 1.24 bits per heavy atom. The van der Waals surface area contributed by atoms with Gasteiger partial charge in [-0.2, -0.15) is 10.2 Å². The summed E-state index contributed by atoms with van der Waals surface area (Å²) in [5.41, 5.74) is 2.18. The number of benzene rings is 1. The van der Waals surface area contributed by atoms with Gasteiger partial charge in [-0.3, -0.25) is 4.79 Å². The lowest BCUT2D eigenvalue weighted by molar-refractivity contribution is 0.102. The van der Waals surface area contributed by atoms with Gasteiger partial charge in [0.25, 0.3) is 5.91 Å². The first-order valence-electron chi connectivity index (χ1n) is 7.54. The van der Waals surface area contributed by atoms with E-state index in [1.807, 2.05) is 6.92 Å². The van der Waals surface area contributed by atoms with Gasteiger partial charge in [0.15, 0.2) is 5.65 Å². The molecule has 0 radical (unpaired) electrons. The van der Waals surface area contributed by atoms with E-state index in [-0.39, 0.29) is 11.7 Å². The highest BCUT2D eigenvalue weighted by Gasteiger charge is 2.17. The van der Waals surface area contributed by atoms with Crippen LogP contribution in [0.5, 0.6) is 0 Å². The highest BCUT2D eigenvalue weighted by Crippen LogP contribution is 2.19. The summed E-state index contributed by atoms with van der Waals surface area (Å²) in [7, 11) is 0. The van der Waals surface area contributed by atoms with E-state index < -0.39 is 0 Å². The van der Waals surface area contributed by atoms with Crippen LogP contribution in [0.3, 0.4) is 0 Å². The minimum Gasteiger partial charge on any atom is -0.306 e. The van der Waals surface area contributed by atoms with Gasteiger partial charge in [0, 0.05) is 18.5 Å². The Morgan fingerprint density at radius 2 is 2.04 bits per heavy atom. The van der Waals surface area contributed by atoms with Crippen LogP contribution < -0.4 is 5.32 Å². The standard InChI is InChI=1S/C17H13FN6O/c1-11-9-15(24(22-11)13-5-3-12(18)4-6-13)21-17(25)14-10-20-23-8-2-7-19-16(14)23/h2-10H,1H3,(H,21,25). The minimum absolute atomic E-state index is 0.337. The van der Waals surface area contributed by atoms with E-state index in [1.165, 1.54) is 22.8 Å². The average Bonchev–Trinajstić information content (AvgIpc) is 3.19. The molecule has 1 amide bonds. The summed E-state index contributed by atoms with van der Waals surface area (Å²) in [6, 6.07) is 9.33. The molecule has 1 N–H and O–H groups in total. The van der Waals surface area contributed by atoms with E-state index >= 15 is 0 Å². The van der Waals surface area contributed by atoms with Crippen LogP contribution in [0.2, 0.25) is 0 Å². The average molecular weight is 336 g/mol. The van der Waals surface area contributed by atoms with Gasteiger partial charge in [-0.15, -0.1) is 0 Å². The van der Waals surface area contributed by atoms with Gasteiger partial charge in [0.1, 0.15) is 17.2 Å². The second-order valence-corrected chi connectivity index (χ2v) is 5.46. The van der Waals surface area contributed by atoms with Crippen molar-refractivity contribution in [1.29, 1.82) is 0 Å². The molecule has 0 bridgehead atoms. The molecule has 0 atom stereocenters. The smallest absolute Gasteiger partial charge is 0.262 e. The molecule has 4 rings (SSSR count). The zero-order valence-corrected chi connectivity index (χ0v) is 13.2. The molecule has 0 aliphatic rings. The van der Waals surface area contributed by atoms with Crippen molar-refractivity contribution >= 4 is 17.4 Å². The number of nitrogens with one attached hydrogen (secondary N) is 1. The van der Waals surface area contributed by atoms with Crippen molar-refractivity contribution in [3.05, 3.63) is 72.1 Å². The van der Waals surface area contributed by atoms with Crippen LogP contribution in [0.15, 0.2) is 55.0 Å². The topological polar surface area (TPSA) is 77.1 Å². The minimum atomic E-state index is -0.350. The van der Waals surface area contributed by atoms with Gasteiger partial charge in [0.2, 0.25) is 0 Å². The highest BCUT2D eigenvalue weighted by atomic mass is 19.1. The third kappa shape index (κ3) is 2.74. The molecule has 25 heavy (non-hydrogen) atoms. The molecule has 0 aliphatic heterocycles. The lowest BCUT2D eigenvalue weighted by atomic mass is 10.3. The monoisotopic (exact) mass is 336 g/mol. The second-order valence-electron chi connectivity index (χ2n) is 5.46. The van der Waals surface area contributed by atoms with E-state index in [1.54, 1.807) is 41.3 Å². The molecule has 0 unspecified atom stereocenters. The van der Waals surface area contributed by atoms with Crippen molar-refractivity contribution in [2.75, 3.05) is 5.32 Å². The number of nitrogens with zero attached hydrogens (tertiary/aromatic N) is 5. The summed E-state index contributed by atoms with van der Waals surface area (Å²) in [6.07, 6.45) is 4.77. The predicted octanol–water partition coefficient (Wildman–Crippen LogP) is 2.61. The predicted molar refractivity (Wildman–Crippen MR) is 89.2 cm³/mol. The van der Waals surface area contributed by atoms with E-state index in [4.69, 9.17) is 0 Å². The number of carbonyl (C=O) groups excluding carboxylic acids is 1. The van der Waals surface area contributed by atoms with Crippen LogP contribution in [0, 0.1) is 12.7 Å². The van der Waals surface area contributed by atoms with Gasteiger partial charge in [0.05, 0.1) is 17.6 Å². The molecule has 0 fully saturated rings. The van der Waals surface area contributed by atoms with Gasteiger partial charge >= 0.3 is 0 Å². The molecule has 7 nitrogen and oxygen atoms in total. The van der Waals surface area contributed by atoms with Crippen molar-refractivity contribution < 1.29 is 9.18 Å². The maximum absolute atomic E-state index is 13.1. The summed E-state index contributed by atoms with van der Waals surface area (Å²) in [6.45, 7) is 1.81. The Labute approximate surface area is 141 Å². The maximum Gasteiger partial charge on any atom is 0.262 e. The molecule has 0 spiro atoms. The summed E-state index contributed by atoms with van der Waals surface area (Å²) in [5, 5.41) is 11.3. The van der Waals surface area contributed by atoms with E-state index in [2.05, 4.69) is 20.5 Å². The second kappa shape index (κ2) is 5.82. The van der Waals surface area contributed by atoms with E-state index in [0.717, 1.165) is 5.69 Å². The van der Waals surface area contributed by atoms with Gasteiger partial charge in [-0.05, 0) is 37.3 Å². The number of hydrogen-bond donors (Lipinski definition) is 1. The van der Waals surface area contributed by atoms with Crippen molar-refractivity contribution in [3.63, 3.8) is 0 Å². The van der Waals surface area contributed by atoms with Gasteiger partial charge in [-0.1, -0.05) is 0 Å². The third-order valence-electron chi connectivity index (χ3n) is 3.67. The van der Waals surface area contributed by atoms with Crippen LogP contribution in [-0.2, 0) is 0 Å². The van der Waals surface area contributed by atoms with Crippen molar-refractivity contribution in [3.8, 4) is 5.69 Å². The molecule has 3 aromatic heterocycles. The number of aryl methyl sites for hydroxylation is 1. The van der Waals surface area contributed by atoms with Crippen LogP contribution in [-0.4, -0.2) is 30.3 Å². The first-order chi connectivity index (χ1) is 12.1. The number of anilines is 1. The van der Waals surface area contributed by atoms with Crippen molar-refractivity contribution in [2.24, 2.45) is 0 Å². The normalized spacial score (nSPS) is 11.0. The first-order valence-corrected chi connectivity index (χ1v) is 7.54. The van der Waals surface area contributed by atoms with Crippen molar-refractivity contribution in [1.82, 2.24) is 24.4 Å². The van der Waals surface area contributed by atoms with Crippen LogP contribution >= 0.6 is 0 Å². The molecule has 0 saturated heterocycles. The summed E-state index contributed by atoms with van der Waals surface area (Å²) >= 11 is 0. The van der Waals surface area contributed by atoms with Crippen LogP contribution in [0.4, 0.5) is 10.2 Å². The lowest BCUT2D eigenvalue weighted by Crippen LogP contribution is -2.15. The zero-order valence-electron chi connectivity index (χ0n) is 13.2. The van der Waals surface area contributed by atoms with Crippen molar-refractivity contribution in [2.45, 2.75) is 6.92 Å². The Hall–Kier alpha value is -3.55. The first kappa shape index (κ1) is 15.0. The van der Waals surface area contributed by atoms with Gasteiger partial charge < -0.3 is 5.32 Å². The molecule has 3 heterocycles. The van der Waals surface area contributed by atoms with E-state index in [0.29, 0.717) is 22.7 Å². The third-order valence-corrected chi connectivity index (χ3v) is 3.67. The molecule has 124 valence electrons. The zero-order chi connectivity index (χ0) is 17.4. The fourth-order valence-corrected chi connectivity index (χ4v) is 2.54. The van der Waals surface area contributed by atoms with Gasteiger partial charge in [-0.25, -0.2) is 18.6 Å². The maximum atomic E-state index is 13.1. The number of halogens is 1. The summed E-state index contributed by atoms with van der Waals surface area (Å²) in [4.78, 5) is 16.8. The molecule has 1 aromatic carbocycles.